The molecule has 0 fully saturated rings. The predicted molar refractivity (Wildman–Crippen MR) is 33.6 cm³/mol. The van der Waals surface area contributed by atoms with Gasteiger partial charge >= 0.3 is 29.6 Å². The Labute approximate surface area is 82.5 Å². The Morgan fingerprint density at radius 3 is 2.40 bits per heavy atom. The summed E-state index contributed by atoms with van der Waals surface area (Å²) in [4.78, 5) is 4.10. The number of pyridine rings is 1. The molecule has 1 heterocycles. The molecule has 0 spiro atoms. The second kappa shape index (κ2) is 7.19. The number of hydrogen-bond donors (Lipinski definition) is 0. The first-order valence-electron chi connectivity index (χ1n) is 2.83. The minimum Gasteiger partial charge on any atom is -1.00 e. The van der Waals surface area contributed by atoms with Crippen LogP contribution in [-0.4, -0.2) is 4.98 Å². The molecule has 3 heteroatoms. The first-order chi connectivity index (χ1) is 3.93. The third-order valence-electron chi connectivity index (χ3n) is 1.09. The minimum atomic E-state index is 0. The molecule has 1 rings (SSSR count). The van der Waals surface area contributed by atoms with Gasteiger partial charge in [-0.2, -0.15) is 0 Å². The van der Waals surface area contributed by atoms with Crippen molar-refractivity contribution in [3.8, 4) is 0 Å². The zero-order valence-electron chi connectivity index (χ0n) is 6.34. The van der Waals surface area contributed by atoms with Gasteiger partial charge in [0.25, 0.3) is 0 Å². The van der Waals surface area contributed by atoms with E-state index in [4.69, 9.17) is 0 Å². The Morgan fingerprint density at radius 1 is 1.40 bits per heavy atom. The Morgan fingerprint density at radius 2 is 2.10 bits per heavy atom. The van der Waals surface area contributed by atoms with E-state index in [1.807, 2.05) is 24.4 Å². The van der Waals surface area contributed by atoms with Gasteiger partial charge in [0, 0.05) is 11.9 Å². The number of hydrogen-bond acceptors (Lipinski definition) is 1. The molecule has 0 aromatic carbocycles. The van der Waals surface area contributed by atoms with E-state index in [-0.39, 0.29) is 34.3 Å². The van der Waals surface area contributed by atoms with Crippen molar-refractivity contribution in [1.82, 2.24) is 4.98 Å². The van der Waals surface area contributed by atoms with Crippen LogP contribution in [0.3, 0.4) is 0 Å². The molecular formula is C7H9FNNa. The van der Waals surface area contributed by atoms with Gasteiger partial charge in [-0.15, -0.1) is 0 Å². The van der Waals surface area contributed by atoms with Crippen LogP contribution < -0.4 is 34.3 Å². The summed E-state index contributed by atoms with van der Waals surface area (Å²) in [6, 6.07) is 5.96. The largest absolute Gasteiger partial charge is 1.00 e. The van der Waals surface area contributed by atoms with E-state index >= 15 is 0 Å². The Bertz CT molecular complexity index is 155. The van der Waals surface area contributed by atoms with E-state index in [2.05, 4.69) is 11.9 Å². The van der Waals surface area contributed by atoms with Crippen molar-refractivity contribution in [2.24, 2.45) is 0 Å². The van der Waals surface area contributed by atoms with Gasteiger partial charge in [0.15, 0.2) is 0 Å². The Balaban J connectivity index is 0. The number of nitrogens with zero attached hydrogens (tertiary/aromatic N) is 1. The number of aryl methyl sites for hydroxylation is 1. The molecule has 50 valence electrons. The van der Waals surface area contributed by atoms with Crippen LogP contribution in [0.5, 0.6) is 0 Å². The van der Waals surface area contributed by atoms with E-state index in [0.29, 0.717) is 0 Å². The third kappa shape index (κ3) is 3.99. The molecule has 1 aromatic rings. The predicted octanol–water partition coefficient (Wildman–Crippen LogP) is -4.35. The Hall–Kier alpha value is 0.0800. The number of rotatable bonds is 1. The zero-order valence-corrected chi connectivity index (χ0v) is 8.34. The normalized spacial score (nSPS) is 7.30. The number of aromatic nitrogens is 1. The monoisotopic (exact) mass is 149 g/mol. The molecule has 0 N–H and O–H groups in total. The van der Waals surface area contributed by atoms with Crippen molar-refractivity contribution in [1.29, 1.82) is 0 Å². The summed E-state index contributed by atoms with van der Waals surface area (Å²) in [5, 5.41) is 0. The van der Waals surface area contributed by atoms with Crippen LogP contribution in [0.25, 0.3) is 0 Å². The molecule has 0 atom stereocenters. The molecule has 1 aromatic heterocycles. The van der Waals surface area contributed by atoms with Crippen molar-refractivity contribution in [3.63, 3.8) is 0 Å². The van der Waals surface area contributed by atoms with Crippen LogP contribution in [0.4, 0.5) is 0 Å². The van der Waals surface area contributed by atoms with E-state index in [1.54, 1.807) is 0 Å². The second-order valence-electron chi connectivity index (χ2n) is 1.67. The molecule has 0 aliphatic rings. The van der Waals surface area contributed by atoms with Crippen LogP contribution in [0.2, 0.25) is 0 Å². The second-order valence-corrected chi connectivity index (χ2v) is 1.67. The summed E-state index contributed by atoms with van der Waals surface area (Å²) in [5.74, 6) is 0. The topological polar surface area (TPSA) is 12.9 Å². The van der Waals surface area contributed by atoms with Crippen LogP contribution >= 0.6 is 0 Å². The molecule has 0 unspecified atom stereocenters. The fraction of sp³-hybridized carbons (Fsp3) is 0.286. The SMILES string of the molecule is CCc1ccccn1.[F-].[Na+]. The fourth-order valence-corrected chi connectivity index (χ4v) is 0.607. The summed E-state index contributed by atoms with van der Waals surface area (Å²) < 4.78 is 0. The molecular weight excluding hydrogens is 140 g/mol. The maximum absolute atomic E-state index is 4.10. The van der Waals surface area contributed by atoms with E-state index in [9.17, 15) is 0 Å². The van der Waals surface area contributed by atoms with Gasteiger partial charge in [-0.1, -0.05) is 13.0 Å². The van der Waals surface area contributed by atoms with Crippen molar-refractivity contribution in [2.75, 3.05) is 0 Å². The van der Waals surface area contributed by atoms with Gasteiger partial charge < -0.3 is 4.70 Å². The summed E-state index contributed by atoms with van der Waals surface area (Å²) >= 11 is 0. The summed E-state index contributed by atoms with van der Waals surface area (Å²) in [5.41, 5.74) is 1.16. The summed E-state index contributed by atoms with van der Waals surface area (Å²) in [6.45, 7) is 2.10. The standard InChI is InChI=1S/C7H9N.FH.Na/c1-2-7-5-3-4-6-8-7;;/h3-6H,2H2,1H3;1H;/q;;+1/p-1. The molecule has 0 saturated heterocycles. The van der Waals surface area contributed by atoms with Crippen molar-refractivity contribution in [3.05, 3.63) is 30.1 Å². The minimum absolute atomic E-state index is 0. The fourth-order valence-electron chi connectivity index (χ4n) is 0.607. The van der Waals surface area contributed by atoms with Crippen LogP contribution in [-0.2, 0) is 6.42 Å². The summed E-state index contributed by atoms with van der Waals surface area (Å²) in [7, 11) is 0. The molecule has 0 amide bonds. The maximum atomic E-state index is 4.10. The first kappa shape index (κ1) is 12.7. The molecule has 1 nitrogen and oxygen atoms in total. The van der Waals surface area contributed by atoms with Crippen LogP contribution in [0, 0.1) is 0 Å². The van der Waals surface area contributed by atoms with Gasteiger partial charge in [0.1, 0.15) is 0 Å². The van der Waals surface area contributed by atoms with Crippen LogP contribution in [0.15, 0.2) is 24.4 Å². The van der Waals surface area contributed by atoms with Gasteiger partial charge in [-0.3, -0.25) is 4.98 Å². The molecule has 0 bridgehead atoms. The van der Waals surface area contributed by atoms with Gasteiger partial charge in [0.2, 0.25) is 0 Å². The van der Waals surface area contributed by atoms with E-state index < -0.39 is 0 Å². The zero-order chi connectivity index (χ0) is 5.82. The number of halogens is 1. The molecule has 0 aliphatic heterocycles. The molecule has 10 heavy (non-hydrogen) atoms. The van der Waals surface area contributed by atoms with Crippen molar-refractivity contribution in [2.45, 2.75) is 13.3 Å². The smallest absolute Gasteiger partial charge is 1.00 e. The quantitative estimate of drug-likeness (QED) is 0.368. The van der Waals surface area contributed by atoms with Gasteiger partial charge in [-0.25, -0.2) is 0 Å². The van der Waals surface area contributed by atoms with Crippen molar-refractivity contribution < 1.29 is 34.3 Å². The van der Waals surface area contributed by atoms with Crippen molar-refractivity contribution >= 4 is 0 Å². The van der Waals surface area contributed by atoms with Gasteiger partial charge in [0.05, 0.1) is 0 Å². The molecule has 0 radical (unpaired) electrons. The third-order valence-corrected chi connectivity index (χ3v) is 1.09. The van der Waals surface area contributed by atoms with Crippen LogP contribution in [0.1, 0.15) is 12.6 Å². The molecule has 0 aliphatic carbocycles. The van der Waals surface area contributed by atoms with E-state index in [1.165, 1.54) is 0 Å². The summed E-state index contributed by atoms with van der Waals surface area (Å²) in [6.07, 6.45) is 2.85. The Kier molecular flexibility index (Phi) is 9.15. The van der Waals surface area contributed by atoms with E-state index in [0.717, 1.165) is 12.1 Å². The first-order valence-corrected chi connectivity index (χ1v) is 2.83. The maximum Gasteiger partial charge on any atom is 1.00 e. The average molecular weight is 149 g/mol. The average Bonchev–Trinajstić information content (AvgIpc) is 1.90. The molecule has 0 saturated carbocycles. The van der Waals surface area contributed by atoms with Gasteiger partial charge in [-0.05, 0) is 18.6 Å².